The van der Waals surface area contributed by atoms with Crippen molar-refractivity contribution in [3.63, 3.8) is 0 Å². The fraction of sp³-hybridized carbons (Fsp3) is 0.533. The van der Waals surface area contributed by atoms with Crippen LogP contribution in [0.4, 0.5) is 8.78 Å². The number of benzene rings is 1. The van der Waals surface area contributed by atoms with Gasteiger partial charge in [-0.1, -0.05) is 0 Å². The molecule has 1 amide bonds. The molecule has 0 saturated heterocycles. The summed E-state index contributed by atoms with van der Waals surface area (Å²) in [6, 6.07) is 1.82. The van der Waals surface area contributed by atoms with Crippen LogP contribution in [-0.2, 0) is 21.2 Å². The maximum atomic E-state index is 14.0. The van der Waals surface area contributed by atoms with Gasteiger partial charge in [0.25, 0.3) is 0 Å². The molecule has 0 bridgehead atoms. The molecule has 134 valence electrons. The third-order valence-electron chi connectivity index (χ3n) is 4.46. The first-order valence-corrected chi connectivity index (χ1v) is 10.1. The minimum absolute atomic E-state index is 0.0542. The Kier molecular flexibility index (Phi) is 5.66. The predicted molar refractivity (Wildman–Crippen MR) is 89.6 cm³/mol. The normalized spacial score (nSPS) is 24.8. The second kappa shape index (κ2) is 7.05. The molecule has 0 atom stereocenters. The number of sulfonamides is 1. The third kappa shape index (κ3) is 4.52. The summed E-state index contributed by atoms with van der Waals surface area (Å²) in [5.41, 5.74) is 4.80. The van der Waals surface area contributed by atoms with Crippen molar-refractivity contribution in [3.8, 4) is 0 Å². The number of nitrogens with two attached hydrogens (primary N) is 1. The van der Waals surface area contributed by atoms with E-state index in [1.165, 1.54) is 6.07 Å². The molecule has 1 aliphatic rings. The fourth-order valence-corrected chi connectivity index (χ4v) is 4.40. The summed E-state index contributed by atoms with van der Waals surface area (Å²) in [4.78, 5) is 12.0. The van der Waals surface area contributed by atoms with Gasteiger partial charge >= 0.3 is 0 Å². The van der Waals surface area contributed by atoms with Crippen molar-refractivity contribution in [2.24, 2.45) is 11.1 Å². The molecule has 24 heavy (non-hydrogen) atoms. The van der Waals surface area contributed by atoms with Crippen molar-refractivity contribution >= 4 is 31.9 Å². The van der Waals surface area contributed by atoms with Gasteiger partial charge < -0.3 is 5.73 Å². The van der Waals surface area contributed by atoms with E-state index < -0.39 is 33.0 Å². The monoisotopic (exact) mass is 424 g/mol. The van der Waals surface area contributed by atoms with Crippen LogP contribution < -0.4 is 10.5 Å². The minimum atomic E-state index is -3.33. The van der Waals surface area contributed by atoms with E-state index in [-0.39, 0.29) is 22.5 Å². The smallest absolute Gasteiger partial charge is 0.223 e. The first-order chi connectivity index (χ1) is 11.0. The highest BCUT2D eigenvalue weighted by Crippen LogP contribution is 2.40. The molecule has 2 rings (SSSR count). The average molecular weight is 425 g/mol. The lowest BCUT2D eigenvalue weighted by atomic mass is 9.68. The van der Waals surface area contributed by atoms with Gasteiger partial charge in [0, 0.05) is 12.1 Å². The van der Waals surface area contributed by atoms with Crippen molar-refractivity contribution in [1.29, 1.82) is 0 Å². The average Bonchev–Trinajstić information content (AvgIpc) is 2.45. The number of amides is 1. The predicted octanol–water partition coefficient (Wildman–Crippen LogP) is 2.23. The van der Waals surface area contributed by atoms with Crippen LogP contribution in [0.1, 0.15) is 31.2 Å². The van der Waals surface area contributed by atoms with Crippen molar-refractivity contribution in [1.82, 2.24) is 4.72 Å². The maximum absolute atomic E-state index is 14.0. The van der Waals surface area contributed by atoms with Gasteiger partial charge in [-0.15, -0.1) is 0 Å². The number of carbonyl (C=O) groups is 1. The second-order valence-corrected chi connectivity index (χ2v) is 8.98. The van der Waals surface area contributed by atoms with Crippen molar-refractivity contribution < 1.29 is 22.0 Å². The molecule has 0 heterocycles. The topological polar surface area (TPSA) is 89.3 Å². The molecule has 0 aliphatic heterocycles. The van der Waals surface area contributed by atoms with Crippen LogP contribution in [0.15, 0.2) is 16.6 Å². The maximum Gasteiger partial charge on any atom is 0.223 e. The van der Waals surface area contributed by atoms with Gasteiger partial charge in [-0.2, -0.15) is 0 Å². The molecule has 0 radical (unpaired) electrons. The van der Waals surface area contributed by atoms with Gasteiger partial charge in [-0.25, -0.2) is 21.9 Å². The van der Waals surface area contributed by atoms with E-state index in [2.05, 4.69) is 20.7 Å². The number of hydrogen-bond donors (Lipinski definition) is 2. The van der Waals surface area contributed by atoms with E-state index in [1.54, 1.807) is 0 Å². The summed E-state index contributed by atoms with van der Waals surface area (Å²) < 4.78 is 52.6. The zero-order valence-corrected chi connectivity index (χ0v) is 15.5. The van der Waals surface area contributed by atoms with E-state index in [0.717, 1.165) is 12.3 Å². The van der Waals surface area contributed by atoms with Gasteiger partial charge in [0.1, 0.15) is 11.6 Å². The van der Waals surface area contributed by atoms with Crippen LogP contribution in [-0.4, -0.2) is 26.6 Å². The van der Waals surface area contributed by atoms with Gasteiger partial charge in [-0.3, -0.25) is 4.79 Å². The van der Waals surface area contributed by atoms with E-state index in [4.69, 9.17) is 5.73 Å². The second-order valence-electron chi connectivity index (χ2n) is 6.34. The molecule has 1 saturated carbocycles. The van der Waals surface area contributed by atoms with Crippen molar-refractivity contribution in [3.05, 3.63) is 33.8 Å². The zero-order chi connectivity index (χ0) is 18.1. The van der Waals surface area contributed by atoms with E-state index in [1.807, 2.05) is 0 Å². The lowest BCUT2D eigenvalue weighted by Gasteiger charge is -2.38. The van der Waals surface area contributed by atoms with Crippen LogP contribution in [0.2, 0.25) is 0 Å². The van der Waals surface area contributed by atoms with Crippen molar-refractivity contribution in [2.75, 3.05) is 6.26 Å². The number of nitrogens with one attached hydrogen (secondary N) is 1. The third-order valence-corrected chi connectivity index (χ3v) is 5.83. The Bertz CT molecular complexity index is 747. The van der Waals surface area contributed by atoms with E-state index in [9.17, 15) is 22.0 Å². The molecular formula is C15H19BrF2N2O3S. The fourth-order valence-electron chi connectivity index (χ4n) is 3.17. The summed E-state index contributed by atoms with van der Waals surface area (Å²) in [5.74, 6) is -2.00. The Hall–Kier alpha value is -1.06. The molecule has 0 spiro atoms. The first kappa shape index (κ1) is 19.3. The Morgan fingerprint density at radius 3 is 2.42 bits per heavy atom. The summed E-state index contributed by atoms with van der Waals surface area (Å²) >= 11 is 3.01. The minimum Gasteiger partial charge on any atom is -0.369 e. The van der Waals surface area contributed by atoms with Crippen LogP contribution in [0.3, 0.4) is 0 Å². The van der Waals surface area contributed by atoms with Gasteiger partial charge in [-0.05, 0) is 59.7 Å². The van der Waals surface area contributed by atoms with Gasteiger partial charge in [0.05, 0.1) is 16.1 Å². The van der Waals surface area contributed by atoms with Gasteiger partial charge in [0.15, 0.2) is 0 Å². The Morgan fingerprint density at radius 2 is 1.92 bits per heavy atom. The number of primary amides is 1. The van der Waals surface area contributed by atoms with Crippen LogP contribution in [0.25, 0.3) is 0 Å². The van der Waals surface area contributed by atoms with Crippen LogP contribution in [0, 0.1) is 17.0 Å². The molecule has 1 fully saturated rings. The number of halogens is 3. The lowest BCUT2D eigenvalue weighted by Crippen LogP contribution is -2.46. The van der Waals surface area contributed by atoms with E-state index in [0.29, 0.717) is 25.7 Å². The molecule has 3 N–H and O–H groups in total. The molecule has 0 unspecified atom stereocenters. The summed E-state index contributed by atoms with van der Waals surface area (Å²) in [6.07, 6.45) is 2.67. The molecule has 0 aromatic heterocycles. The lowest BCUT2D eigenvalue weighted by molar-refractivity contribution is -0.129. The summed E-state index contributed by atoms with van der Waals surface area (Å²) in [5, 5.41) is 0. The Morgan fingerprint density at radius 1 is 1.33 bits per heavy atom. The largest absolute Gasteiger partial charge is 0.369 e. The molecule has 5 nitrogen and oxygen atoms in total. The molecule has 1 aromatic rings. The highest BCUT2D eigenvalue weighted by molar-refractivity contribution is 9.10. The van der Waals surface area contributed by atoms with Gasteiger partial charge in [0.2, 0.25) is 15.9 Å². The summed E-state index contributed by atoms with van der Waals surface area (Å²) in [6.45, 7) is 0. The van der Waals surface area contributed by atoms with E-state index >= 15 is 0 Å². The molecule has 1 aromatic carbocycles. The molecule has 1 aliphatic carbocycles. The van der Waals surface area contributed by atoms with Crippen LogP contribution >= 0.6 is 15.9 Å². The zero-order valence-electron chi connectivity index (χ0n) is 13.1. The Labute approximate surface area is 148 Å². The standard InChI is InChI=1S/C15H19BrF2N2O3S/c1-24(22,23)20-10-2-4-15(5-3-10,14(19)21)8-9-6-11(16)13(18)7-12(9)17/h6-7,10,20H,2-5,8H2,1H3,(H2,19,21). The van der Waals surface area contributed by atoms with Crippen molar-refractivity contribution in [2.45, 2.75) is 38.1 Å². The number of carbonyl (C=O) groups excluding carboxylic acids is 1. The number of rotatable bonds is 5. The number of hydrogen-bond acceptors (Lipinski definition) is 3. The quantitative estimate of drug-likeness (QED) is 0.710. The molecule has 9 heteroatoms. The summed E-state index contributed by atoms with van der Waals surface area (Å²) in [7, 11) is -3.33. The highest BCUT2D eigenvalue weighted by atomic mass is 79.9. The SMILES string of the molecule is CS(=O)(=O)NC1CCC(Cc2cc(Br)c(F)cc2F)(C(N)=O)CC1. The molecular weight excluding hydrogens is 406 g/mol. The highest BCUT2D eigenvalue weighted by Gasteiger charge is 2.41. The Balaban J connectivity index is 2.19. The van der Waals surface area contributed by atoms with Crippen LogP contribution in [0.5, 0.6) is 0 Å². The first-order valence-electron chi connectivity index (χ1n) is 7.43.